The number of carbonyl (C=O) groups is 1. The van der Waals surface area contributed by atoms with Gasteiger partial charge < -0.3 is 10.1 Å². The molecule has 0 bridgehead atoms. The molecule has 2 aromatic rings. The lowest BCUT2D eigenvalue weighted by Gasteiger charge is -2.14. The Morgan fingerprint density at radius 3 is 2.86 bits per heavy atom. The Bertz CT molecular complexity index is 642. The molecule has 0 saturated carbocycles. The Balaban J connectivity index is 2.20. The number of aromatic amines is 1. The molecule has 0 saturated heterocycles. The lowest BCUT2D eigenvalue weighted by atomic mass is 10.1. The summed E-state index contributed by atoms with van der Waals surface area (Å²) >= 11 is 0. The van der Waals surface area contributed by atoms with Gasteiger partial charge in [0.25, 0.3) is 5.91 Å². The summed E-state index contributed by atoms with van der Waals surface area (Å²) in [5.74, 6) is -0.0411. The van der Waals surface area contributed by atoms with Crippen molar-refractivity contribution in [2.75, 3.05) is 7.11 Å². The van der Waals surface area contributed by atoms with Crippen LogP contribution in [0.2, 0.25) is 0 Å². The number of aryl methyl sites for hydroxylation is 1. The number of halogens is 1. The lowest BCUT2D eigenvalue weighted by molar-refractivity contribution is 0.0929. The number of H-pyrrole nitrogens is 1. The number of rotatable bonds is 5. The van der Waals surface area contributed by atoms with Crippen LogP contribution in [0.3, 0.4) is 0 Å². The molecule has 0 spiro atoms. The van der Waals surface area contributed by atoms with E-state index in [9.17, 15) is 9.18 Å². The highest BCUT2D eigenvalue weighted by Gasteiger charge is 2.21. The number of ether oxygens (including phenoxy) is 1. The topological polar surface area (TPSA) is 79.9 Å². The summed E-state index contributed by atoms with van der Waals surface area (Å²) in [7, 11) is 1.35. The zero-order chi connectivity index (χ0) is 15.4. The maximum Gasteiger partial charge on any atom is 0.254 e. The minimum absolute atomic E-state index is 0.0319. The van der Waals surface area contributed by atoms with Crippen LogP contribution in [0.1, 0.15) is 41.4 Å². The zero-order valence-corrected chi connectivity index (χ0v) is 12.1. The fraction of sp³-hybridized carbons (Fsp3) is 0.357. The molecule has 21 heavy (non-hydrogen) atoms. The third kappa shape index (κ3) is 3.18. The molecule has 0 aliphatic rings. The number of aromatic nitrogens is 3. The molecule has 0 radical (unpaired) electrons. The first-order valence-corrected chi connectivity index (χ1v) is 6.59. The van der Waals surface area contributed by atoms with Gasteiger partial charge in [0.2, 0.25) is 0 Å². The van der Waals surface area contributed by atoms with Crippen molar-refractivity contribution in [3.05, 3.63) is 41.2 Å². The van der Waals surface area contributed by atoms with Crippen molar-refractivity contribution in [3.8, 4) is 5.75 Å². The summed E-state index contributed by atoms with van der Waals surface area (Å²) in [5.41, 5.74) is -0.0694. The van der Waals surface area contributed by atoms with E-state index in [1.165, 1.54) is 19.2 Å². The van der Waals surface area contributed by atoms with Gasteiger partial charge in [0.15, 0.2) is 17.4 Å². The first kappa shape index (κ1) is 15.0. The van der Waals surface area contributed by atoms with Gasteiger partial charge in [0.1, 0.15) is 5.82 Å². The highest BCUT2D eigenvalue weighted by molar-refractivity contribution is 5.95. The van der Waals surface area contributed by atoms with Crippen molar-refractivity contribution >= 4 is 5.91 Å². The molecule has 2 rings (SSSR count). The molecule has 0 fully saturated rings. The molecule has 1 heterocycles. The van der Waals surface area contributed by atoms with Gasteiger partial charge in [-0.1, -0.05) is 13.0 Å². The zero-order valence-electron chi connectivity index (χ0n) is 12.1. The number of carbonyl (C=O) groups excluding carboxylic acids is 1. The van der Waals surface area contributed by atoms with Crippen molar-refractivity contribution < 1.29 is 13.9 Å². The normalized spacial score (nSPS) is 12.0. The van der Waals surface area contributed by atoms with E-state index >= 15 is 0 Å². The number of nitrogens with one attached hydrogen (secondary N) is 2. The number of amides is 1. The first-order chi connectivity index (χ1) is 10.1. The molecule has 1 atom stereocenters. The third-order valence-electron chi connectivity index (χ3n) is 3.07. The second-order valence-electron chi connectivity index (χ2n) is 4.54. The van der Waals surface area contributed by atoms with E-state index in [1.54, 1.807) is 13.0 Å². The van der Waals surface area contributed by atoms with Crippen molar-refractivity contribution in [3.63, 3.8) is 0 Å². The van der Waals surface area contributed by atoms with Gasteiger partial charge in [0, 0.05) is 0 Å². The monoisotopic (exact) mass is 292 g/mol. The van der Waals surface area contributed by atoms with Gasteiger partial charge in [0.05, 0.1) is 18.7 Å². The maximum absolute atomic E-state index is 14.1. The van der Waals surface area contributed by atoms with Gasteiger partial charge in [-0.2, -0.15) is 5.10 Å². The van der Waals surface area contributed by atoms with E-state index in [2.05, 4.69) is 20.5 Å². The Morgan fingerprint density at radius 1 is 1.52 bits per heavy atom. The van der Waals surface area contributed by atoms with E-state index in [-0.39, 0.29) is 17.4 Å². The third-order valence-corrected chi connectivity index (χ3v) is 3.07. The number of hydrogen-bond donors (Lipinski definition) is 2. The van der Waals surface area contributed by atoms with E-state index in [1.807, 2.05) is 6.92 Å². The minimum atomic E-state index is -0.682. The minimum Gasteiger partial charge on any atom is -0.494 e. The van der Waals surface area contributed by atoms with Crippen molar-refractivity contribution in [2.24, 2.45) is 0 Å². The van der Waals surface area contributed by atoms with Crippen molar-refractivity contribution in [2.45, 2.75) is 26.3 Å². The predicted molar refractivity (Wildman–Crippen MR) is 74.6 cm³/mol. The standard InChI is InChI=1S/C14H17FN4O2/c1-4-10(13-16-8(2)18-19-13)17-14(20)9-6-5-7-11(21-3)12(9)15/h5-7,10H,4H2,1-3H3,(H,17,20)(H,16,18,19). The van der Waals surface area contributed by atoms with Crippen LogP contribution < -0.4 is 10.1 Å². The van der Waals surface area contributed by atoms with E-state index < -0.39 is 11.7 Å². The number of benzene rings is 1. The molecule has 0 aliphatic carbocycles. The van der Waals surface area contributed by atoms with Crippen LogP contribution in [0.25, 0.3) is 0 Å². The molecule has 6 nitrogen and oxygen atoms in total. The molecule has 1 amide bonds. The molecule has 0 aliphatic heterocycles. The molecule has 1 unspecified atom stereocenters. The van der Waals surface area contributed by atoms with Crippen molar-refractivity contribution in [1.29, 1.82) is 0 Å². The largest absolute Gasteiger partial charge is 0.494 e. The molecule has 1 aromatic carbocycles. The highest BCUT2D eigenvalue weighted by atomic mass is 19.1. The highest BCUT2D eigenvalue weighted by Crippen LogP contribution is 2.21. The molecule has 7 heteroatoms. The summed E-state index contributed by atoms with van der Waals surface area (Å²) in [6.07, 6.45) is 0.592. The smallest absolute Gasteiger partial charge is 0.254 e. The van der Waals surface area contributed by atoms with Crippen LogP contribution in [0.5, 0.6) is 5.75 Å². The fourth-order valence-corrected chi connectivity index (χ4v) is 1.94. The van der Waals surface area contributed by atoms with E-state index in [4.69, 9.17) is 4.74 Å². The molecule has 2 N–H and O–H groups in total. The summed E-state index contributed by atoms with van der Waals surface area (Å²) in [6.45, 7) is 3.66. The molecule has 1 aromatic heterocycles. The Hall–Kier alpha value is -2.44. The molecular formula is C14H17FN4O2. The average Bonchev–Trinajstić information content (AvgIpc) is 2.91. The number of nitrogens with zero attached hydrogens (tertiary/aromatic N) is 2. The fourth-order valence-electron chi connectivity index (χ4n) is 1.94. The van der Waals surface area contributed by atoms with Gasteiger partial charge in [-0.05, 0) is 25.5 Å². The summed E-state index contributed by atoms with van der Waals surface area (Å²) in [4.78, 5) is 16.4. The van der Waals surface area contributed by atoms with Crippen LogP contribution in [0.4, 0.5) is 4.39 Å². The lowest BCUT2D eigenvalue weighted by Crippen LogP contribution is -2.29. The summed E-state index contributed by atoms with van der Waals surface area (Å²) in [6, 6.07) is 4.05. The van der Waals surface area contributed by atoms with E-state index in [0.717, 1.165) is 0 Å². The summed E-state index contributed by atoms with van der Waals surface area (Å²) in [5, 5.41) is 9.47. The van der Waals surface area contributed by atoms with E-state index in [0.29, 0.717) is 18.1 Å². The predicted octanol–water partition coefficient (Wildman–Crippen LogP) is 2.14. The van der Waals surface area contributed by atoms with Crippen LogP contribution in [-0.4, -0.2) is 28.2 Å². The van der Waals surface area contributed by atoms with Crippen LogP contribution in [0, 0.1) is 12.7 Å². The van der Waals surface area contributed by atoms with Gasteiger partial charge in [-0.15, -0.1) is 0 Å². The SMILES string of the molecule is CCC(NC(=O)c1cccc(OC)c1F)c1n[nH]c(C)n1. The summed E-state index contributed by atoms with van der Waals surface area (Å²) < 4.78 is 18.9. The maximum atomic E-state index is 14.1. The second kappa shape index (κ2) is 6.34. The van der Waals surface area contributed by atoms with Gasteiger partial charge in [-0.25, -0.2) is 9.37 Å². The average molecular weight is 292 g/mol. The Labute approximate surface area is 121 Å². The van der Waals surface area contributed by atoms with Crippen LogP contribution in [-0.2, 0) is 0 Å². The van der Waals surface area contributed by atoms with Crippen molar-refractivity contribution in [1.82, 2.24) is 20.5 Å². The van der Waals surface area contributed by atoms with Gasteiger partial charge >= 0.3 is 0 Å². The van der Waals surface area contributed by atoms with Crippen LogP contribution in [0.15, 0.2) is 18.2 Å². The van der Waals surface area contributed by atoms with Gasteiger partial charge in [-0.3, -0.25) is 9.89 Å². The Kier molecular flexibility index (Phi) is 4.52. The first-order valence-electron chi connectivity index (χ1n) is 6.59. The molecular weight excluding hydrogens is 275 g/mol. The van der Waals surface area contributed by atoms with Crippen LogP contribution >= 0.6 is 0 Å². The quantitative estimate of drug-likeness (QED) is 0.885. The Morgan fingerprint density at radius 2 is 2.29 bits per heavy atom. The number of methoxy groups -OCH3 is 1. The second-order valence-corrected chi connectivity index (χ2v) is 4.54. The number of hydrogen-bond acceptors (Lipinski definition) is 4. The molecule has 112 valence electrons.